The van der Waals surface area contributed by atoms with Gasteiger partial charge < -0.3 is 20.9 Å². The zero-order valence-electron chi connectivity index (χ0n) is 9.85. The molecule has 0 saturated heterocycles. The number of hydrogen-bond donors (Lipinski definition) is 3. The van der Waals surface area contributed by atoms with Crippen molar-refractivity contribution in [2.75, 3.05) is 25.6 Å². The highest BCUT2D eigenvalue weighted by molar-refractivity contribution is 5.94. The van der Waals surface area contributed by atoms with E-state index in [1.807, 2.05) is 12.1 Å². The maximum atomic E-state index is 11.6. The molecule has 0 fully saturated rings. The lowest BCUT2D eigenvalue weighted by molar-refractivity contribution is -0.118. The molecule has 5 nitrogen and oxygen atoms in total. The first-order valence-corrected chi connectivity index (χ1v) is 5.42. The number of benzene rings is 1. The molecule has 5 heteroatoms. The molecule has 0 aliphatic rings. The first-order valence-electron chi connectivity index (χ1n) is 5.42. The second-order valence-corrected chi connectivity index (χ2v) is 3.72. The Balaban J connectivity index is 2.53. The fraction of sp³-hybridized carbons (Fsp3) is 0.417. The van der Waals surface area contributed by atoms with Gasteiger partial charge in [0.15, 0.2) is 0 Å². The van der Waals surface area contributed by atoms with E-state index in [-0.39, 0.29) is 19.1 Å². The highest BCUT2D eigenvalue weighted by Crippen LogP contribution is 2.10. The average Bonchev–Trinajstić information content (AvgIpc) is 2.32. The van der Waals surface area contributed by atoms with Gasteiger partial charge in [0.05, 0.1) is 6.61 Å². The molecule has 0 saturated carbocycles. The summed E-state index contributed by atoms with van der Waals surface area (Å²) < 4.78 is 4.80. The molecule has 0 aliphatic heterocycles. The molecule has 0 heterocycles. The summed E-state index contributed by atoms with van der Waals surface area (Å²) in [6.07, 6.45) is 0.609. The number of rotatable bonds is 6. The second-order valence-electron chi connectivity index (χ2n) is 3.72. The monoisotopic (exact) mass is 238 g/mol. The number of nitrogens with one attached hydrogen (secondary N) is 1. The Kier molecular flexibility index (Phi) is 5.62. The standard InChI is InChI=1S/C12H18N2O3/c1-17-8-11(13)12(16)14-10-4-2-9(3-5-10)6-7-15/h2-5,11,15H,6-8,13H2,1H3,(H,14,16). The minimum Gasteiger partial charge on any atom is -0.396 e. The molecule has 4 N–H and O–H groups in total. The van der Waals surface area contributed by atoms with E-state index in [0.717, 1.165) is 5.56 Å². The quantitative estimate of drug-likeness (QED) is 0.658. The molecule has 1 rings (SSSR count). The van der Waals surface area contributed by atoms with Gasteiger partial charge in [-0.15, -0.1) is 0 Å². The van der Waals surface area contributed by atoms with Crippen LogP contribution in [0.5, 0.6) is 0 Å². The van der Waals surface area contributed by atoms with Gasteiger partial charge in [-0.1, -0.05) is 12.1 Å². The number of nitrogens with two attached hydrogens (primary N) is 1. The van der Waals surface area contributed by atoms with Crippen LogP contribution in [-0.4, -0.2) is 37.4 Å². The number of amides is 1. The van der Waals surface area contributed by atoms with Gasteiger partial charge in [0.1, 0.15) is 6.04 Å². The van der Waals surface area contributed by atoms with Crippen LogP contribution in [0, 0.1) is 0 Å². The summed E-state index contributed by atoms with van der Waals surface area (Å²) in [5.41, 5.74) is 7.29. The maximum absolute atomic E-state index is 11.6. The third-order valence-corrected chi connectivity index (χ3v) is 2.30. The van der Waals surface area contributed by atoms with E-state index < -0.39 is 6.04 Å². The van der Waals surface area contributed by atoms with Gasteiger partial charge in [0.25, 0.3) is 0 Å². The molecule has 1 aromatic rings. The molecule has 17 heavy (non-hydrogen) atoms. The first-order chi connectivity index (χ1) is 8.17. The molecule has 1 aromatic carbocycles. The van der Waals surface area contributed by atoms with E-state index >= 15 is 0 Å². The van der Waals surface area contributed by atoms with E-state index in [9.17, 15) is 4.79 Å². The number of carbonyl (C=O) groups excluding carboxylic acids is 1. The van der Waals surface area contributed by atoms with Crippen LogP contribution in [0.15, 0.2) is 24.3 Å². The molecule has 0 radical (unpaired) electrons. The Hall–Kier alpha value is -1.43. The summed E-state index contributed by atoms with van der Waals surface area (Å²) in [6, 6.07) is 6.60. The highest BCUT2D eigenvalue weighted by atomic mass is 16.5. The second kappa shape index (κ2) is 7.01. The topological polar surface area (TPSA) is 84.6 Å². The van der Waals surface area contributed by atoms with E-state index in [2.05, 4.69) is 5.32 Å². The van der Waals surface area contributed by atoms with Gasteiger partial charge in [-0.05, 0) is 24.1 Å². The Morgan fingerprint density at radius 1 is 1.47 bits per heavy atom. The van der Waals surface area contributed by atoms with Crippen molar-refractivity contribution in [3.8, 4) is 0 Å². The third kappa shape index (κ3) is 4.52. The smallest absolute Gasteiger partial charge is 0.243 e. The Labute approximate surface area is 101 Å². The summed E-state index contributed by atoms with van der Waals surface area (Å²) in [7, 11) is 1.50. The summed E-state index contributed by atoms with van der Waals surface area (Å²) in [6.45, 7) is 0.304. The summed E-state index contributed by atoms with van der Waals surface area (Å²) in [5.74, 6) is -0.276. The van der Waals surface area contributed by atoms with Crippen molar-refractivity contribution in [1.82, 2.24) is 0 Å². The molecule has 1 unspecified atom stereocenters. The molecule has 0 bridgehead atoms. The van der Waals surface area contributed by atoms with Gasteiger partial charge in [-0.2, -0.15) is 0 Å². The van der Waals surface area contributed by atoms with Gasteiger partial charge in [-0.3, -0.25) is 4.79 Å². The normalized spacial score (nSPS) is 12.2. The highest BCUT2D eigenvalue weighted by Gasteiger charge is 2.12. The third-order valence-electron chi connectivity index (χ3n) is 2.30. The van der Waals surface area contributed by atoms with E-state index in [1.54, 1.807) is 12.1 Å². The van der Waals surface area contributed by atoms with Crippen molar-refractivity contribution in [2.24, 2.45) is 5.73 Å². The number of hydrogen-bond acceptors (Lipinski definition) is 4. The predicted octanol–water partition coefficient (Wildman–Crippen LogP) is 0.134. The summed E-state index contributed by atoms with van der Waals surface area (Å²) in [4.78, 5) is 11.6. The molecule has 1 amide bonds. The van der Waals surface area contributed by atoms with Crippen LogP contribution in [-0.2, 0) is 16.0 Å². The van der Waals surface area contributed by atoms with Crippen LogP contribution in [0.25, 0.3) is 0 Å². The van der Waals surface area contributed by atoms with Gasteiger partial charge >= 0.3 is 0 Å². The Morgan fingerprint density at radius 3 is 2.65 bits per heavy atom. The molecule has 0 aliphatic carbocycles. The van der Waals surface area contributed by atoms with Crippen molar-refractivity contribution in [3.63, 3.8) is 0 Å². The lowest BCUT2D eigenvalue weighted by Crippen LogP contribution is -2.39. The number of aliphatic hydroxyl groups is 1. The zero-order valence-corrected chi connectivity index (χ0v) is 9.85. The SMILES string of the molecule is COCC(N)C(=O)Nc1ccc(CCO)cc1. The van der Waals surface area contributed by atoms with E-state index in [1.165, 1.54) is 7.11 Å². The fourth-order valence-electron chi connectivity index (χ4n) is 1.37. The van der Waals surface area contributed by atoms with Crippen molar-refractivity contribution in [2.45, 2.75) is 12.5 Å². The van der Waals surface area contributed by atoms with Crippen LogP contribution in [0.1, 0.15) is 5.56 Å². The van der Waals surface area contributed by atoms with Crippen molar-refractivity contribution < 1.29 is 14.6 Å². The first kappa shape index (κ1) is 13.6. The lowest BCUT2D eigenvalue weighted by Gasteiger charge is -2.11. The number of anilines is 1. The largest absolute Gasteiger partial charge is 0.396 e. The van der Waals surface area contributed by atoms with Crippen LogP contribution in [0.4, 0.5) is 5.69 Å². The number of aliphatic hydroxyl groups excluding tert-OH is 1. The Bertz CT molecular complexity index is 351. The molecule has 0 spiro atoms. The molecular weight excluding hydrogens is 220 g/mol. The molecule has 1 atom stereocenters. The van der Waals surface area contributed by atoms with E-state index in [4.69, 9.17) is 15.6 Å². The van der Waals surface area contributed by atoms with Crippen molar-refractivity contribution in [3.05, 3.63) is 29.8 Å². The van der Waals surface area contributed by atoms with E-state index in [0.29, 0.717) is 12.1 Å². The van der Waals surface area contributed by atoms with Crippen LogP contribution < -0.4 is 11.1 Å². The van der Waals surface area contributed by atoms with Gasteiger partial charge in [0, 0.05) is 19.4 Å². The van der Waals surface area contributed by atoms with Crippen LogP contribution >= 0.6 is 0 Å². The number of carbonyl (C=O) groups is 1. The fourth-order valence-corrected chi connectivity index (χ4v) is 1.37. The lowest BCUT2D eigenvalue weighted by atomic mass is 10.1. The average molecular weight is 238 g/mol. The minimum atomic E-state index is -0.669. The van der Waals surface area contributed by atoms with Crippen LogP contribution in [0.3, 0.4) is 0 Å². The molecule has 0 aromatic heterocycles. The van der Waals surface area contributed by atoms with Gasteiger partial charge in [0.2, 0.25) is 5.91 Å². The number of ether oxygens (including phenoxy) is 1. The van der Waals surface area contributed by atoms with Crippen LogP contribution in [0.2, 0.25) is 0 Å². The maximum Gasteiger partial charge on any atom is 0.243 e. The van der Waals surface area contributed by atoms with Gasteiger partial charge in [-0.25, -0.2) is 0 Å². The minimum absolute atomic E-state index is 0.115. The van der Waals surface area contributed by atoms with Crippen molar-refractivity contribution >= 4 is 11.6 Å². The molecule has 94 valence electrons. The predicted molar refractivity (Wildman–Crippen MR) is 65.7 cm³/mol. The zero-order chi connectivity index (χ0) is 12.7. The Morgan fingerprint density at radius 2 is 2.12 bits per heavy atom. The summed E-state index contributed by atoms with van der Waals surface area (Å²) >= 11 is 0. The van der Waals surface area contributed by atoms with Crippen molar-refractivity contribution in [1.29, 1.82) is 0 Å². The summed E-state index contributed by atoms with van der Waals surface area (Å²) in [5, 5.41) is 11.5. The molecular formula is C12H18N2O3. The number of methoxy groups -OCH3 is 1.